The number of rotatable bonds is 4. The zero-order valence-electron chi connectivity index (χ0n) is 10.3. The van der Waals surface area contributed by atoms with Crippen LogP contribution in [0.3, 0.4) is 0 Å². The van der Waals surface area contributed by atoms with E-state index in [9.17, 15) is 4.39 Å². The van der Waals surface area contributed by atoms with Crippen LogP contribution in [0.5, 0.6) is 0 Å². The SMILES string of the molecule is CSC1CCC(NCc2ccccc2F)CC1. The molecule has 0 saturated heterocycles. The van der Waals surface area contributed by atoms with Gasteiger partial charge in [-0.1, -0.05) is 18.2 Å². The van der Waals surface area contributed by atoms with Gasteiger partial charge >= 0.3 is 0 Å². The lowest BCUT2D eigenvalue weighted by Crippen LogP contribution is -2.33. The Kier molecular flexibility index (Phi) is 4.86. The van der Waals surface area contributed by atoms with Crippen molar-refractivity contribution in [2.45, 2.75) is 43.5 Å². The van der Waals surface area contributed by atoms with E-state index in [1.54, 1.807) is 6.07 Å². The maximum atomic E-state index is 13.4. The molecular formula is C14H20FNS. The van der Waals surface area contributed by atoms with Crippen LogP contribution in [-0.2, 0) is 6.54 Å². The van der Waals surface area contributed by atoms with Crippen LogP contribution in [0.25, 0.3) is 0 Å². The number of hydrogen-bond donors (Lipinski definition) is 1. The van der Waals surface area contributed by atoms with Gasteiger partial charge in [-0.3, -0.25) is 0 Å². The topological polar surface area (TPSA) is 12.0 Å². The molecule has 0 atom stereocenters. The van der Waals surface area contributed by atoms with Crippen LogP contribution in [0.4, 0.5) is 4.39 Å². The normalized spacial score (nSPS) is 24.8. The molecule has 1 aromatic carbocycles. The highest BCUT2D eigenvalue weighted by Crippen LogP contribution is 2.27. The van der Waals surface area contributed by atoms with Gasteiger partial charge in [-0.25, -0.2) is 4.39 Å². The van der Waals surface area contributed by atoms with Gasteiger partial charge in [0.2, 0.25) is 0 Å². The van der Waals surface area contributed by atoms with Crippen molar-refractivity contribution >= 4 is 11.8 Å². The lowest BCUT2D eigenvalue weighted by atomic mass is 9.95. The summed E-state index contributed by atoms with van der Waals surface area (Å²) in [4.78, 5) is 0. The Hall–Kier alpha value is -0.540. The zero-order valence-corrected chi connectivity index (χ0v) is 11.1. The highest BCUT2D eigenvalue weighted by Gasteiger charge is 2.19. The Morgan fingerprint density at radius 2 is 1.94 bits per heavy atom. The van der Waals surface area contributed by atoms with Crippen molar-refractivity contribution in [3.05, 3.63) is 35.6 Å². The fraction of sp³-hybridized carbons (Fsp3) is 0.571. The van der Waals surface area contributed by atoms with Gasteiger partial charge < -0.3 is 5.32 Å². The lowest BCUT2D eigenvalue weighted by Gasteiger charge is -2.28. The molecule has 94 valence electrons. The highest BCUT2D eigenvalue weighted by molar-refractivity contribution is 7.99. The van der Waals surface area contributed by atoms with E-state index in [2.05, 4.69) is 11.6 Å². The first-order valence-corrected chi connectivity index (χ1v) is 7.58. The van der Waals surface area contributed by atoms with Crippen LogP contribution in [0.2, 0.25) is 0 Å². The van der Waals surface area contributed by atoms with Crippen molar-refractivity contribution in [1.29, 1.82) is 0 Å². The number of thioether (sulfide) groups is 1. The van der Waals surface area contributed by atoms with Gasteiger partial charge in [0, 0.05) is 23.4 Å². The Bertz CT molecular complexity index is 348. The van der Waals surface area contributed by atoms with E-state index in [0.29, 0.717) is 12.6 Å². The molecule has 0 spiro atoms. The Morgan fingerprint density at radius 1 is 1.24 bits per heavy atom. The molecule has 1 nitrogen and oxygen atoms in total. The van der Waals surface area contributed by atoms with Gasteiger partial charge in [0.1, 0.15) is 5.82 Å². The van der Waals surface area contributed by atoms with Crippen LogP contribution in [0, 0.1) is 5.82 Å². The molecule has 0 amide bonds. The van der Waals surface area contributed by atoms with Gasteiger partial charge in [0.15, 0.2) is 0 Å². The summed E-state index contributed by atoms with van der Waals surface area (Å²) in [6, 6.07) is 7.59. The van der Waals surface area contributed by atoms with Gasteiger partial charge in [-0.05, 0) is 38.0 Å². The summed E-state index contributed by atoms with van der Waals surface area (Å²) in [6.45, 7) is 0.654. The Balaban J connectivity index is 1.78. The van der Waals surface area contributed by atoms with Crippen molar-refractivity contribution in [1.82, 2.24) is 5.32 Å². The molecule has 1 N–H and O–H groups in total. The molecule has 0 aromatic heterocycles. The molecule has 1 saturated carbocycles. The standard InChI is InChI=1S/C14H20FNS/c1-17-13-8-6-12(7-9-13)16-10-11-4-2-3-5-14(11)15/h2-5,12-13,16H,6-10H2,1H3. The average molecular weight is 253 g/mol. The van der Waals surface area contributed by atoms with Gasteiger partial charge in [-0.2, -0.15) is 11.8 Å². The summed E-state index contributed by atoms with van der Waals surface area (Å²) in [5.74, 6) is -0.0993. The first-order chi connectivity index (χ1) is 8.29. The first-order valence-electron chi connectivity index (χ1n) is 6.29. The summed E-state index contributed by atoms with van der Waals surface area (Å²) in [5, 5.41) is 4.31. The van der Waals surface area contributed by atoms with Crippen LogP contribution < -0.4 is 5.32 Å². The molecular weight excluding hydrogens is 233 g/mol. The molecule has 2 rings (SSSR count). The highest BCUT2D eigenvalue weighted by atomic mass is 32.2. The lowest BCUT2D eigenvalue weighted by molar-refractivity contribution is 0.376. The third-order valence-corrected chi connectivity index (χ3v) is 4.68. The predicted molar refractivity (Wildman–Crippen MR) is 72.8 cm³/mol. The van der Waals surface area contributed by atoms with Crippen LogP contribution in [-0.4, -0.2) is 17.5 Å². The first kappa shape index (κ1) is 12.9. The molecule has 1 aliphatic rings. The van der Waals surface area contributed by atoms with Crippen molar-refractivity contribution in [2.24, 2.45) is 0 Å². The minimum absolute atomic E-state index is 0.0993. The maximum absolute atomic E-state index is 13.4. The monoisotopic (exact) mass is 253 g/mol. The third kappa shape index (κ3) is 3.71. The fourth-order valence-electron chi connectivity index (χ4n) is 2.40. The van der Waals surface area contributed by atoms with Crippen LogP contribution in [0.15, 0.2) is 24.3 Å². The third-order valence-electron chi connectivity index (χ3n) is 3.55. The number of halogens is 1. The summed E-state index contributed by atoms with van der Waals surface area (Å²) >= 11 is 1.98. The van der Waals surface area contributed by atoms with E-state index in [-0.39, 0.29) is 5.82 Å². The second-order valence-electron chi connectivity index (χ2n) is 4.68. The summed E-state index contributed by atoms with van der Waals surface area (Å²) in [5.41, 5.74) is 0.777. The molecule has 0 radical (unpaired) electrons. The molecule has 17 heavy (non-hydrogen) atoms. The quantitative estimate of drug-likeness (QED) is 0.880. The van der Waals surface area contributed by atoms with Crippen molar-refractivity contribution in [3.63, 3.8) is 0 Å². The van der Waals surface area contributed by atoms with Gasteiger partial charge in [0.25, 0.3) is 0 Å². The molecule has 0 unspecified atom stereocenters. The second-order valence-corrected chi connectivity index (χ2v) is 5.82. The fourth-order valence-corrected chi connectivity index (χ4v) is 3.14. The maximum Gasteiger partial charge on any atom is 0.127 e. The Labute approximate surface area is 107 Å². The number of nitrogens with one attached hydrogen (secondary N) is 1. The summed E-state index contributed by atoms with van der Waals surface area (Å²) in [6.07, 6.45) is 7.21. The minimum Gasteiger partial charge on any atom is -0.310 e. The van der Waals surface area contributed by atoms with E-state index in [1.807, 2.05) is 23.9 Å². The molecule has 1 aliphatic carbocycles. The van der Waals surface area contributed by atoms with Crippen LogP contribution >= 0.6 is 11.8 Å². The zero-order chi connectivity index (χ0) is 12.1. The molecule has 0 aliphatic heterocycles. The predicted octanol–water partition coefficient (Wildman–Crippen LogP) is 3.59. The molecule has 0 bridgehead atoms. The molecule has 3 heteroatoms. The number of benzene rings is 1. The van der Waals surface area contributed by atoms with Crippen molar-refractivity contribution < 1.29 is 4.39 Å². The van der Waals surface area contributed by atoms with Crippen molar-refractivity contribution in [2.75, 3.05) is 6.26 Å². The Morgan fingerprint density at radius 3 is 2.59 bits per heavy atom. The van der Waals surface area contributed by atoms with Gasteiger partial charge in [-0.15, -0.1) is 0 Å². The van der Waals surface area contributed by atoms with E-state index in [1.165, 1.54) is 31.7 Å². The average Bonchev–Trinajstić information content (AvgIpc) is 2.38. The largest absolute Gasteiger partial charge is 0.310 e. The minimum atomic E-state index is -0.0993. The molecule has 0 heterocycles. The van der Waals surface area contributed by atoms with Crippen LogP contribution in [0.1, 0.15) is 31.2 Å². The van der Waals surface area contributed by atoms with E-state index in [0.717, 1.165) is 10.8 Å². The van der Waals surface area contributed by atoms with Crippen molar-refractivity contribution in [3.8, 4) is 0 Å². The molecule has 1 fully saturated rings. The smallest absolute Gasteiger partial charge is 0.127 e. The second kappa shape index (κ2) is 6.41. The molecule has 1 aromatic rings. The van der Waals surface area contributed by atoms with E-state index in [4.69, 9.17) is 0 Å². The summed E-state index contributed by atoms with van der Waals surface area (Å²) < 4.78 is 13.4. The van der Waals surface area contributed by atoms with Gasteiger partial charge in [0.05, 0.1) is 0 Å². The van der Waals surface area contributed by atoms with E-state index >= 15 is 0 Å². The van der Waals surface area contributed by atoms with E-state index < -0.39 is 0 Å². The summed E-state index contributed by atoms with van der Waals surface area (Å²) in [7, 11) is 0. The number of hydrogen-bond acceptors (Lipinski definition) is 2.